The third kappa shape index (κ3) is 3.43. The summed E-state index contributed by atoms with van der Waals surface area (Å²) < 4.78 is 1.16. The lowest BCUT2D eigenvalue weighted by Crippen LogP contribution is -2.21. The van der Waals surface area contributed by atoms with Gasteiger partial charge in [0.05, 0.1) is 0 Å². The van der Waals surface area contributed by atoms with E-state index in [9.17, 15) is 0 Å². The number of nitrogens with one attached hydrogen (secondary N) is 1. The molecule has 0 heterocycles. The van der Waals surface area contributed by atoms with Crippen molar-refractivity contribution in [2.24, 2.45) is 0 Å². The van der Waals surface area contributed by atoms with Gasteiger partial charge in [-0.3, -0.25) is 0 Å². The molecule has 0 spiro atoms. The maximum absolute atomic E-state index is 3.54. The molecule has 0 saturated carbocycles. The average molecular weight is 256 g/mol. The van der Waals surface area contributed by atoms with E-state index < -0.39 is 0 Å². The topological polar surface area (TPSA) is 12.0 Å². The number of hydrogen-bond donors (Lipinski definition) is 1. The summed E-state index contributed by atoms with van der Waals surface area (Å²) in [6.45, 7) is 5.50. The normalized spacial score (nSPS) is 12.8. The lowest BCUT2D eigenvalue weighted by Gasteiger charge is -2.17. The largest absolute Gasteiger partial charge is 0.310 e. The highest BCUT2D eigenvalue weighted by molar-refractivity contribution is 9.10. The molecule has 1 aromatic rings. The molecule has 1 aromatic carbocycles. The first kappa shape index (κ1) is 11.7. The first-order valence-electron chi connectivity index (χ1n) is 5.26. The number of halogens is 1. The van der Waals surface area contributed by atoms with Gasteiger partial charge in [0.1, 0.15) is 0 Å². The summed E-state index contributed by atoms with van der Waals surface area (Å²) in [7, 11) is 0. The van der Waals surface area contributed by atoms with Gasteiger partial charge in [-0.2, -0.15) is 0 Å². The second-order valence-electron chi connectivity index (χ2n) is 3.47. The molecule has 0 aliphatic heterocycles. The highest BCUT2D eigenvalue weighted by Crippen LogP contribution is 2.20. The predicted molar refractivity (Wildman–Crippen MR) is 65.5 cm³/mol. The van der Waals surface area contributed by atoms with Crippen molar-refractivity contribution in [2.45, 2.75) is 32.7 Å². The fourth-order valence-electron chi connectivity index (χ4n) is 1.54. The van der Waals surface area contributed by atoms with E-state index in [-0.39, 0.29) is 0 Å². The molecule has 0 unspecified atom stereocenters. The molecule has 0 fully saturated rings. The maximum Gasteiger partial charge on any atom is 0.0318 e. The molecular formula is C12H18BrN. The molecule has 0 amide bonds. The van der Waals surface area contributed by atoms with Gasteiger partial charge in [-0.05, 0) is 37.1 Å². The highest BCUT2D eigenvalue weighted by Gasteiger charge is 2.07. The van der Waals surface area contributed by atoms with E-state index in [1.807, 2.05) is 0 Å². The van der Waals surface area contributed by atoms with E-state index in [1.54, 1.807) is 0 Å². The summed E-state index contributed by atoms with van der Waals surface area (Å²) in [6, 6.07) is 9.02. The Morgan fingerprint density at radius 3 is 2.71 bits per heavy atom. The molecule has 1 nitrogen and oxygen atoms in total. The zero-order valence-electron chi connectivity index (χ0n) is 8.89. The smallest absolute Gasteiger partial charge is 0.0318 e. The van der Waals surface area contributed by atoms with Crippen molar-refractivity contribution in [3.63, 3.8) is 0 Å². The number of hydrogen-bond acceptors (Lipinski definition) is 1. The van der Waals surface area contributed by atoms with Crippen molar-refractivity contribution in [3.05, 3.63) is 34.3 Å². The van der Waals surface area contributed by atoms with Crippen LogP contribution in [0, 0.1) is 0 Å². The second kappa shape index (κ2) is 6.20. The Labute approximate surface area is 95.0 Å². The molecule has 1 rings (SSSR count). The minimum absolute atomic E-state index is 0.493. The molecule has 1 N–H and O–H groups in total. The predicted octanol–water partition coefficient (Wildman–Crippen LogP) is 3.90. The summed E-state index contributed by atoms with van der Waals surface area (Å²) in [6.07, 6.45) is 2.32. The van der Waals surface area contributed by atoms with Crippen LogP contribution in [0.3, 0.4) is 0 Å². The molecule has 0 aliphatic carbocycles. The maximum atomic E-state index is 3.54. The van der Waals surface area contributed by atoms with Gasteiger partial charge in [0.2, 0.25) is 0 Å². The van der Waals surface area contributed by atoms with Gasteiger partial charge < -0.3 is 5.32 Å². The summed E-state index contributed by atoms with van der Waals surface area (Å²) in [5, 5.41) is 3.54. The van der Waals surface area contributed by atoms with Gasteiger partial charge in [-0.25, -0.2) is 0 Å². The van der Waals surface area contributed by atoms with Crippen LogP contribution < -0.4 is 5.32 Å². The quantitative estimate of drug-likeness (QED) is 0.842. The Hall–Kier alpha value is -0.340. The monoisotopic (exact) mass is 255 g/mol. The van der Waals surface area contributed by atoms with Gasteiger partial charge in [0, 0.05) is 10.5 Å². The van der Waals surface area contributed by atoms with E-state index >= 15 is 0 Å². The van der Waals surface area contributed by atoms with Crippen LogP contribution in [-0.2, 0) is 0 Å². The molecule has 0 radical (unpaired) electrons. The van der Waals surface area contributed by atoms with Crippen molar-refractivity contribution in [3.8, 4) is 0 Å². The van der Waals surface area contributed by atoms with E-state index in [2.05, 4.69) is 59.4 Å². The van der Waals surface area contributed by atoms with Crippen LogP contribution in [0.25, 0.3) is 0 Å². The van der Waals surface area contributed by atoms with Crippen LogP contribution in [0.5, 0.6) is 0 Å². The summed E-state index contributed by atoms with van der Waals surface area (Å²) in [5.74, 6) is 0. The molecule has 1 atom stereocenters. The number of rotatable bonds is 5. The van der Waals surface area contributed by atoms with Gasteiger partial charge >= 0.3 is 0 Å². The average Bonchev–Trinajstić information content (AvgIpc) is 2.19. The Kier molecular flexibility index (Phi) is 5.20. The van der Waals surface area contributed by atoms with E-state index in [1.165, 1.54) is 12.0 Å². The van der Waals surface area contributed by atoms with Crippen molar-refractivity contribution in [2.75, 3.05) is 6.54 Å². The number of benzene rings is 1. The third-order valence-electron chi connectivity index (χ3n) is 2.30. The summed E-state index contributed by atoms with van der Waals surface area (Å²) in [5.41, 5.74) is 1.37. The molecule has 14 heavy (non-hydrogen) atoms. The zero-order valence-corrected chi connectivity index (χ0v) is 10.5. The Balaban J connectivity index is 2.68. The third-order valence-corrected chi connectivity index (χ3v) is 2.79. The summed E-state index contributed by atoms with van der Waals surface area (Å²) in [4.78, 5) is 0. The highest BCUT2D eigenvalue weighted by atomic mass is 79.9. The van der Waals surface area contributed by atoms with Crippen LogP contribution in [0.2, 0.25) is 0 Å². The zero-order chi connectivity index (χ0) is 10.4. The SMILES string of the molecule is CCCN[C@@H](CC)c1cccc(Br)c1. The fraction of sp³-hybridized carbons (Fsp3) is 0.500. The minimum atomic E-state index is 0.493. The minimum Gasteiger partial charge on any atom is -0.310 e. The first-order chi connectivity index (χ1) is 6.77. The molecule has 0 bridgehead atoms. The molecule has 0 aromatic heterocycles. The first-order valence-corrected chi connectivity index (χ1v) is 6.06. The van der Waals surface area contributed by atoms with E-state index in [0.29, 0.717) is 6.04 Å². The van der Waals surface area contributed by atoms with Crippen LogP contribution in [0.4, 0.5) is 0 Å². The van der Waals surface area contributed by atoms with Gasteiger partial charge in [0.15, 0.2) is 0 Å². The van der Waals surface area contributed by atoms with Crippen molar-refractivity contribution in [1.82, 2.24) is 5.32 Å². The van der Waals surface area contributed by atoms with Crippen LogP contribution >= 0.6 is 15.9 Å². The van der Waals surface area contributed by atoms with E-state index in [0.717, 1.165) is 17.4 Å². The van der Waals surface area contributed by atoms with Gasteiger partial charge in [0.25, 0.3) is 0 Å². The van der Waals surface area contributed by atoms with Crippen LogP contribution in [0.1, 0.15) is 38.3 Å². The van der Waals surface area contributed by atoms with Crippen LogP contribution in [0.15, 0.2) is 28.7 Å². The molecule has 0 aliphatic rings. The molecule has 78 valence electrons. The van der Waals surface area contributed by atoms with E-state index in [4.69, 9.17) is 0 Å². The van der Waals surface area contributed by atoms with Crippen molar-refractivity contribution in [1.29, 1.82) is 0 Å². The van der Waals surface area contributed by atoms with Crippen LogP contribution in [-0.4, -0.2) is 6.54 Å². The lowest BCUT2D eigenvalue weighted by atomic mass is 10.0. The summed E-state index contributed by atoms with van der Waals surface area (Å²) >= 11 is 3.50. The molecule has 2 heteroatoms. The van der Waals surface area contributed by atoms with Crippen molar-refractivity contribution >= 4 is 15.9 Å². The lowest BCUT2D eigenvalue weighted by molar-refractivity contribution is 0.518. The Bertz CT molecular complexity index is 273. The van der Waals surface area contributed by atoms with Crippen molar-refractivity contribution < 1.29 is 0 Å². The van der Waals surface area contributed by atoms with Gasteiger partial charge in [-0.15, -0.1) is 0 Å². The molecule has 0 saturated heterocycles. The Morgan fingerprint density at radius 1 is 1.36 bits per heavy atom. The Morgan fingerprint density at radius 2 is 2.14 bits per heavy atom. The standard InChI is InChI=1S/C12H18BrN/c1-3-8-14-12(4-2)10-6-5-7-11(13)9-10/h5-7,9,12,14H,3-4,8H2,1-2H3/t12-/m0/s1. The fourth-order valence-corrected chi connectivity index (χ4v) is 1.96. The van der Waals surface area contributed by atoms with Gasteiger partial charge in [-0.1, -0.05) is 41.9 Å². The second-order valence-corrected chi connectivity index (χ2v) is 4.39. The molecular weight excluding hydrogens is 238 g/mol.